The first-order valence-electron chi connectivity index (χ1n) is 9.83. The molecule has 2 aromatic rings. The van der Waals surface area contributed by atoms with Crippen LogP contribution in [0, 0.1) is 4.91 Å². The van der Waals surface area contributed by atoms with Crippen LogP contribution in [0.3, 0.4) is 0 Å². The molecule has 0 saturated heterocycles. The predicted octanol–water partition coefficient (Wildman–Crippen LogP) is 3.21. The van der Waals surface area contributed by atoms with Gasteiger partial charge in [-0.3, -0.25) is 14.1 Å². The second kappa shape index (κ2) is 12.4. The van der Waals surface area contributed by atoms with Crippen LogP contribution in [0.5, 0.6) is 11.5 Å². The highest BCUT2D eigenvalue weighted by atomic mass is 32.2. The molecule has 15 heteroatoms. The summed E-state index contributed by atoms with van der Waals surface area (Å²) in [6.45, 7) is 2.27. The summed E-state index contributed by atoms with van der Waals surface area (Å²) in [6, 6.07) is 5.83. The number of carbonyl (C=O) groups is 2. The van der Waals surface area contributed by atoms with Gasteiger partial charge in [-0.15, -0.1) is 15.1 Å². The highest BCUT2D eigenvalue weighted by Crippen LogP contribution is 2.38. The molecule has 2 rings (SSSR count). The van der Waals surface area contributed by atoms with Gasteiger partial charge in [0.15, 0.2) is 0 Å². The average Bonchev–Trinajstić information content (AvgIpc) is 2.78. The second-order valence-electron chi connectivity index (χ2n) is 6.65. The Morgan fingerprint density at radius 2 is 1.46 bits per heavy atom. The van der Waals surface area contributed by atoms with Crippen molar-refractivity contribution < 1.29 is 41.5 Å². The van der Waals surface area contributed by atoms with Gasteiger partial charge in [0.2, 0.25) is 0 Å². The van der Waals surface area contributed by atoms with Crippen molar-refractivity contribution in [3.8, 4) is 11.5 Å². The molecule has 188 valence electrons. The standard InChI is InChI=1S/C20H22N4O10S/c1-12(25)31-5-7-33-18-11-17(19(10-15(18)21)34-8-6-32-13(2)26)23-22-16-4-3-14(24-27)9-20(16)35(28,29)30/h3-4,9-11H,5-8,21H2,1-2H3,(H,28,29,30). The lowest BCUT2D eigenvalue weighted by molar-refractivity contribution is -0.142. The predicted molar refractivity (Wildman–Crippen MR) is 121 cm³/mol. The summed E-state index contributed by atoms with van der Waals surface area (Å²) in [6.07, 6.45) is 0. The van der Waals surface area contributed by atoms with Gasteiger partial charge in [0.1, 0.15) is 59.9 Å². The van der Waals surface area contributed by atoms with Crippen LogP contribution in [0.1, 0.15) is 13.8 Å². The Hall–Kier alpha value is -4.11. The molecule has 0 atom stereocenters. The fraction of sp³-hybridized carbons (Fsp3) is 0.300. The van der Waals surface area contributed by atoms with Gasteiger partial charge in [0, 0.05) is 26.0 Å². The minimum Gasteiger partial charge on any atom is -0.488 e. The number of carbonyl (C=O) groups excluding carboxylic acids is 2. The van der Waals surface area contributed by atoms with Crippen LogP contribution in [0.15, 0.2) is 50.6 Å². The van der Waals surface area contributed by atoms with Crippen LogP contribution in [-0.4, -0.2) is 51.3 Å². The molecule has 0 aliphatic rings. The number of nitrogens with two attached hydrogens (primary N) is 1. The van der Waals surface area contributed by atoms with Crippen molar-refractivity contribution >= 4 is 44.8 Å². The van der Waals surface area contributed by atoms with Crippen molar-refractivity contribution in [2.45, 2.75) is 18.7 Å². The van der Waals surface area contributed by atoms with Gasteiger partial charge in [-0.2, -0.15) is 8.42 Å². The van der Waals surface area contributed by atoms with Crippen molar-refractivity contribution in [1.29, 1.82) is 0 Å². The lowest BCUT2D eigenvalue weighted by Crippen LogP contribution is -2.11. The van der Waals surface area contributed by atoms with Crippen LogP contribution in [0.2, 0.25) is 0 Å². The summed E-state index contributed by atoms with van der Waals surface area (Å²) in [5.41, 5.74) is 5.61. The van der Waals surface area contributed by atoms with Crippen LogP contribution in [0.25, 0.3) is 0 Å². The third-order valence-electron chi connectivity index (χ3n) is 3.98. The van der Waals surface area contributed by atoms with E-state index in [0.717, 1.165) is 12.1 Å². The maximum Gasteiger partial charge on any atom is 0.302 e. The van der Waals surface area contributed by atoms with Crippen molar-refractivity contribution in [3.63, 3.8) is 0 Å². The van der Waals surface area contributed by atoms with E-state index in [1.165, 1.54) is 32.0 Å². The Kier molecular flexibility index (Phi) is 9.60. The number of nitrogens with zero attached hydrogens (tertiary/aromatic N) is 3. The molecule has 0 bridgehead atoms. The lowest BCUT2D eigenvalue weighted by Gasteiger charge is -2.14. The summed E-state index contributed by atoms with van der Waals surface area (Å²) in [5, 5.41) is 10.4. The Morgan fingerprint density at radius 1 is 0.886 bits per heavy atom. The smallest absolute Gasteiger partial charge is 0.302 e. The molecule has 3 N–H and O–H groups in total. The number of benzene rings is 2. The third-order valence-corrected chi connectivity index (χ3v) is 4.86. The van der Waals surface area contributed by atoms with Crippen LogP contribution < -0.4 is 15.2 Å². The van der Waals surface area contributed by atoms with Crippen molar-refractivity contribution in [1.82, 2.24) is 0 Å². The number of hydrogen-bond acceptors (Lipinski definition) is 13. The lowest BCUT2D eigenvalue weighted by atomic mass is 10.2. The van der Waals surface area contributed by atoms with Gasteiger partial charge in [-0.25, -0.2) is 0 Å². The molecule has 0 aromatic heterocycles. The summed E-state index contributed by atoms with van der Waals surface area (Å²) in [7, 11) is -4.76. The normalized spacial score (nSPS) is 11.2. The zero-order valence-electron chi connectivity index (χ0n) is 18.7. The number of azo groups is 1. The summed E-state index contributed by atoms with van der Waals surface area (Å²) in [5.74, 6) is -0.771. The molecule has 0 heterocycles. The third kappa shape index (κ3) is 8.63. The van der Waals surface area contributed by atoms with E-state index in [-0.39, 0.29) is 60.7 Å². The van der Waals surface area contributed by atoms with Gasteiger partial charge in [0.05, 0.1) is 5.69 Å². The maximum absolute atomic E-state index is 11.7. The molecule has 0 unspecified atom stereocenters. The Balaban J connectivity index is 2.39. The topological polar surface area (TPSA) is 206 Å². The zero-order chi connectivity index (χ0) is 26.0. The number of hydrogen-bond donors (Lipinski definition) is 2. The molecule has 14 nitrogen and oxygen atoms in total. The molecule has 0 radical (unpaired) electrons. The van der Waals surface area contributed by atoms with Gasteiger partial charge in [-0.05, 0) is 23.4 Å². The summed E-state index contributed by atoms with van der Waals surface area (Å²) in [4.78, 5) is 31.8. The fourth-order valence-corrected chi connectivity index (χ4v) is 3.16. The number of nitrogen functional groups attached to an aromatic ring is 1. The van der Waals surface area contributed by atoms with Gasteiger partial charge >= 0.3 is 11.9 Å². The Bertz CT molecular complexity index is 1230. The van der Waals surface area contributed by atoms with Gasteiger partial charge in [0.25, 0.3) is 10.1 Å². The molecule has 0 aliphatic carbocycles. The zero-order valence-corrected chi connectivity index (χ0v) is 19.5. The number of rotatable bonds is 12. The first-order valence-corrected chi connectivity index (χ1v) is 11.3. The highest BCUT2D eigenvalue weighted by molar-refractivity contribution is 7.86. The SMILES string of the molecule is CC(=O)OCCOc1cc(N=Nc2ccc(N=O)cc2S(=O)(=O)O)c(OCCOC(C)=O)cc1N. The second-order valence-corrected chi connectivity index (χ2v) is 8.04. The highest BCUT2D eigenvalue weighted by Gasteiger charge is 2.18. The van der Waals surface area contributed by atoms with E-state index >= 15 is 0 Å². The number of esters is 2. The minimum absolute atomic E-state index is 0.0277. The van der Waals surface area contributed by atoms with E-state index in [1.807, 2.05) is 0 Å². The quantitative estimate of drug-likeness (QED) is 0.106. The van der Waals surface area contributed by atoms with Crippen molar-refractivity contribution in [2.75, 3.05) is 32.2 Å². The molecule has 0 saturated carbocycles. The number of ether oxygens (including phenoxy) is 4. The molecule has 0 amide bonds. The van der Waals surface area contributed by atoms with Crippen molar-refractivity contribution in [2.24, 2.45) is 15.4 Å². The number of anilines is 1. The minimum atomic E-state index is -4.76. The van der Waals surface area contributed by atoms with Gasteiger partial charge in [-0.1, -0.05) is 0 Å². The Labute approximate surface area is 199 Å². The van der Waals surface area contributed by atoms with Crippen LogP contribution in [-0.2, 0) is 29.2 Å². The molecular weight excluding hydrogens is 488 g/mol. The largest absolute Gasteiger partial charge is 0.488 e. The fourth-order valence-electron chi connectivity index (χ4n) is 2.51. The molecule has 0 spiro atoms. The van der Waals surface area contributed by atoms with Crippen LogP contribution in [0.4, 0.5) is 22.7 Å². The van der Waals surface area contributed by atoms with E-state index in [1.54, 1.807) is 0 Å². The molecule has 0 fully saturated rings. The van der Waals surface area contributed by atoms with E-state index in [2.05, 4.69) is 15.4 Å². The maximum atomic E-state index is 11.7. The van der Waals surface area contributed by atoms with E-state index in [9.17, 15) is 27.5 Å². The number of nitroso groups, excluding NO2 is 1. The molecule has 35 heavy (non-hydrogen) atoms. The first-order chi connectivity index (χ1) is 16.5. The first kappa shape index (κ1) is 27.1. The van der Waals surface area contributed by atoms with Gasteiger partial charge < -0.3 is 24.7 Å². The molecular formula is C20H22N4O10S. The van der Waals surface area contributed by atoms with Crippen LogP contribution >= 0.6 is 0 Å². The van der Waals surface area contributed by atoms with E-state index in [0.29, 0.717) is 0 Å². The Morgan fingerprint density at radius 3 is 2.00 bits per heavy atom. The van der Waals surface area contributed by atoms with E-state index in [4.69, 9.17) is 24.7 Å². The monoisotopic (exact) mass is 510 g/mol. The molecule has 2 aromatic carbocycles. The average molecular weight is 510 g/mol. The van der Waals surface area contributed by atoms with Crippen molar-refractivity contribution in [3.05, 3.63) is 35.2 Å². The molecule has 0 aliphatic heterocycles. The summed E-state index contributed by atoms with van der Waals surface area (Å²) >= 11 is 0. The van der Waals surface area contributed by atoms with E-state index < -0.39 is 27.0 Å². The summed E-state index contributed by atoms with van der Waals surface area (Å²) < 4.78 is 53.5.